The monoisotopic (exact) mass is 289 g/mol. The average Bonchev–Trinajstić information content (AvgIpc) is 2.37. The Balaban J connectivity index is 3.37. The molecule has 1 rings (SSSR count). The summed E-state index contributed by atoms with van der Waals surface area (Å²) in [5, 5.41) is 18.3. The lowest BCUT2D eigenvalue weighted by atomic mass is 10.0. The fourth-order valence-electron chi connectivity index (χ4n) is 1.90. The van der Waals surface area contributed by atoms with Crippen molar-refractivity contribution in [2.45, 2.75) is 25.7 Å². The number of carboxylic acids is 1. The van der Waals surface area contributed by atoms with Gasteiger partial charge in [0.1, 0.15) is 17.4 Å². The van der Waals surface area contributed by atoms with Gasteiger partial charge in [-0.1, -0.05) is 31.8 Å². The minimum Gasteiger partial charge on any atom is -0.497 e. The Morgan fingerprint density at radius 1 is 1.30 bits per heavy atom. The number of hydrogen-bond acceptors (Lipinski definition) is 3. The van der Waals surface area contributed by atoms with Gasteiger partial charge in [0.25, 0.3) is 0 Å². The predicted octanol–water partition coefficient (Wildman–Crippen LogP) is 3.40. The van der Waals surface area contributed by atoms with E-state index in [0.717, 1.165) is 5.56 Å². The van der Waals surface area contributed by atoms with Crippen LogP contribution >= 0.6 is 0 Å². The standard InChI is InChI=1S/C15H19NO3Si/c1-19-12-7-5-11(6-8-12)14(10-20(2,3)4)13(9-16)15(17)18/h5-8H,10H2,1-4H3,(H,17,18). The van der Waals surface area contributed by atoms with Crippen LogP contribution in [-0.2, 0) is 4.79 Å². The van der Waals surface area contributed by atoms with E-state index in [-0.39, 0.29) is 5.57 Å². The Morgan fingerprint density at radius 3 is 2.20 bits per heavy atom. The number of ether oxygens (including phenoxy) is 1. The third-order valence-electron chi connectivity index (χ3n) is 2.77. The van der Waals surface area contributed by atoms with Crippen molar-refractivity contribution >= 4 is 19.6 Å². The van der Waals surface area contributed by atoms with Crippen molar-refractivity contribution < 1.29 is 14.6 Å². The number of hydrogen-bond donors (Lipinski definition) is 1. The molecule has 0 fully saturated rings. The van der Waals surface area contributed by atoms with Crippen molar-refractivity contribution in [1.82, 2.24) is 0 Å². The van der Waals surface area contributed by atoms with E-state index < -0.39 is 14.0 Å². The highest BCUT2D eigenvalue weighted by Crippen LogP contribution is 2.30. The summed E-state index contributed by atoms with van der Waals surface area (Å²) in [6, 6.07) is 9.62. The van der Waals surface area contributed by atoms with Crippen molar-refractivity contribution in [1.29, 1.82) is 5.26 Å². The zero-order valence-corrected chi connectivity index (χ0v) is 13.2. The summed E-state index contributed by atoms with van der Waals surface area (Å²) in [7, 11) is 0.0217. The highest BCUT2D eigenvalue weighted by molar-refractivity contribution is 6.77. The van der Waals surface area contributed by atoms with Gasteiger partial charge in [-0.25, -0.2) is 4.79 Å². The Morgan fingerprint density at radius 2 is 1.85 bits per heavy atom. The highest BCUT2D eigenvalue weighted by Gasteiger charge is 2.22. The van der Waals surface area contributed by atoms with Crippen LogP contribution < -0.4 is 4.74 Å². The molecule has 0 aliphatic rings. The first-order chi connectivity index (χ1) is 9.28. The lowest BCUT2D eigenvalue weighted by Crippen LogP contribution is -2.21. The van der Waals surface area contributed by atoms with Crippen LogP contribution in [0.2, 0.25) is 25.7 Å². The van der Waals surface area contributed by atoms with Crippen molar-refractivity contribution in [3.05, 3.63) is 35.4 Å². The van der Waals surface area contributed by atoms with Crippen LogP contribution in [0, 0.1) is 11.3 Å². The summed E-state index contributed by atoms with van der Waals surface area (Å²) in [6.45, 7) is 6.44. The number of benzene rings is 1. The van der Waals surface area contributed by atoms with Crippen LogP contribution in [0.25, 0.3) is 5.57 Å². The highest BCUT2D eigenvalue weighted by atomic mass is 28.3. The summed E-state index contributed by atoms with van der Waals surface area (Å²) in [6.07, 6.45) is 0. The van der Waals surface area contributed by atoms with Gasteiger partial charge in [0.15, 0.2) is 0 Å². The molecule has 0 spiro atoms. The molecular formula is C15H19NO3Si. The van der Waals surface area contributed by atoms with E-state index in [1.807, 2.05) is 6.07 Å². The molecule has 0 saturated heterocycles. The first-order valence-electron chi connectivity index (χ1n) is 6.29. The fraction of sp³-hybridized carbons (Fsp3) is 0.333. The molecule has 0 unspecified atom stereocenters. The van der Waals surface area contributed by atoms with Crippen LogP contribution in [-0.4, -0.2) is 26.3 Å². The number of carboxylic acid groups (broad SMARTS) is 1. The molecule has 106 valence electrons. The van der Waals surface area contributed by atoms with Gasteiger partial charge in [0.2, 0.25) is 0 Å². The van der Waals surface area contributed by atoms with Gasteiger partial charge in [-0.05, 0) is 29.3 Å². The molecule has 0 aromatic heterocycles. The molecule has 1 N–H and O–H groups in total. The lowest BCUT2D eigenvalue weighted by Gasteiger charge is -2.19. The zero-order chi connectivity index (χ0) is 15.3. The van der Waals surface area contributed by atoms with Crippen LogP contribution in [0.1, 0.15) is 5.56 Å². The second kappa shape index (κ2) is 6.39. The second-order valence-corrected chi connectivity index (χ2v) is 11.2. The fourth-order valence-corrected chi connectivity index (χ4v) is 3.34. The van der Waals surface area contributed by atoms with E-state index >= 15 is 0 Å². The van der Waals surface area contributed by atoms with Gasteiger partial charge in [0, 0.05) is 8.07 Å². The predicted molar refractivity (Wildman–Crippen MR) is 81.3 cm³/mol. The topological polar surface area (TPSA) is 70.3 Å². The van der Waals surface area contributed by atoms with Gasteiger partial charge < -0.3 is 9.84 Å². The minimum atomic E-state index is -1.55. The first-order valence-corrected chi connectivity index (χ1v) is 10.00. The van der Waals surface area contributed by atoms with Crippen LogP contribution in [0.15, 0.2) is 29.8 Å². The van der Waals surface area contributed by atoms with E-state index in [9.17, 15) is 9.90 Å². The van der Waals surface area contributed by atoms with Gasteiger partial charge in [-0.3, -0.25) is 0 Å². The van der Waals surface area contributed by atoms with Crippen molar-refractivity contribution in [2.24, 2.45) is 0 Å². The van der Waals surface area contributed by atoms with E-state index in [1.54, 1.807) is 31.4 Å². The normalized spacial score (nSPS) is 12.3. The number of carbonyl (C=O) groups is 1. The third kappa shape index (κ3) is 4.25. The average molecular weight is 289 g/mol. The third-order valence-corrected chi connectivity index (χ3v) is 4.19. The van der Waals surface area contributed by atoms with Gasteiger partial charge >= 0.3 is 5.97 Å². The Bertz CT molecular complexity index is 562. The number of nitriles is 1. The lowest BCUT2D eigenvalue weighted by molar-refractivity contribution is -0.132. The molecule has 0 atom stereocenters. The molecule has 0 bridgehead atoms. The largest absolute Gasteiger partial charge is 0.497 e. The zero-order valence-electron chi connectivity index (χ0n) is 12.2. The van der Waals surface area contributed by atoms with Gasteiger partial charge in [0.05, 0.1) is 7.11 Å². The number of allylic oxidation sites excluding steroid dienone is 1. The summed E-state index contributed by atoms with van der Waals surface area (Å²) in [5.41, 5.74) is 1.21. The summed E-state index contributed by atoms with van der Waals surface area (Å²) < 4.78 is 5.10. The van der Waals surface area contributed by atoms with E-state index in [0.29, 0.717) is 17.4 Å². The molecule has 4 nitrogen and oxygen atoms in total. The number of nitrogens with zero attached hydrogens (tertiary/aromatic N) is 1. The molecule has 5 heteroatoms. The van der Waals surface area contributed by atoms with Gasteiger partial charge in [-0.2, -0.15) is 5.26 Å². The summed E-state index contributed by atoms with van der Waals surface area (Å²) in [4.78, 5) is 11.3. The smallest absolute Gasteiger partial charge is 0.346 e. The first kappa shape index (κ1) is 16.0. The summed E-state index contributed by atoms with van der Waals surface area (Å²) >= 11 is 0. The minimum absolute atomic E-state index is 0.169. The molecular weight excluding hydrogens is 270 g/mol. The molecule has 0 saturated carbocycles. The Labute approximate surface area is 120 Å². The van der Waals surface area contributed by atoms with Crippen LogP contribution in [0.3, 0.4) is 0 Å². The number of methoxy groups -OCH3 is 1. The van der Waals surface area contributed by atoms with Crippen molar-refractivity contribution in [2.75, 3.05) is 7.11 Å². The second-order valence-electron chi connectivity index (χ2n) is 5.74. The van der Waals surface area contributed by atoms with E-state index in [4.69, 9.17) is 10.00 Å². The quantitative estimate of drug-likeness (QED) is 0.512. The molecule has 0 aliphatic heterocycles. The maximum absolute atomic E-state index is 11.3. The maximum atomic E-state index is 11.3. The molecule has 1 aromatic rings. The number of aliphatic carboxylic acids is 1. The molecule has 0 radical (unpaired) electrons. The van der Waals surface area contributed by atoms with Crippen molar-refractivity contribution in [3.8, 4) is 11.8 Å². The molecule has 20 heavy (non-hydrogen) atoms. The SMILES string of the molecule is COc1ccc(C(C[Si](C)(C)C)=C(C#N)C(=O)O)cc1. The van der Waals surface area contributed by atoms with Crippen molar-refractivity contribution in [3.63, 3.8) is 0 Å². The van der Waals surface area contributed by atoms with E-state index in [2.05, 4.69) is 19.6 Å². The molecule has 0 aliphatic carbocycles. The van der Waals surface area contributed by atoms with Crippen LogP contribution in [0.5, 0.6) is 5.75 Å². The Kier molecular flexibility index (Phi) is 5.11. The molecule has 0 heterocycles. The number of rotatable bonds is 5. The molecule has 0 amide bonds. The molecule has 1 aromatic carbocycles. The maximum Gasteiger partial charge on any atom is 0.346 e. The van der Waals surface area contributed by atoms with Crippen LogP contribution in [0.4, 0.5) is 0 Å². The van der Waals surface area contributed by atoms with E-state index in [1.165, 1.54) is 0 Å². The Hall–Kier alpha value is -2.06. The van der Waals surface area contributed by atoms with Gasteiger partial charge in [-0.15, -0.1) is 0 Å². The summed E-state index contributed by atoms with van der Waals surface area (Å²) in [5.74, 6) is -0.466.